The third-order valence-electron chi connectivity index (χ3n) is 4.98. The van der Waals surface area contributed by atoms with Crippen LogP contribution in [0.1, 0.15) is 44.4 Å². The molecule has 0 unspecified atom stereocenters. The van der Waals surface area contributed by atoms with Crippen molar-refractivity contribution in [2.24, 2.45) is 0 Å². The van der Waals surface area contributed by atoms with Gasteiger partial charge < -0.3 is 14.5 Å². The van der Waals surface area contributed by atoms with Crippen LogP contribution in [0.4, 0.5) is 5.82 Å². The second kappa shape index (κ2) is 8.99. The molecule has 1 aliphatic heterocycles. The maximum atomic E-state index is 12.2. The van der Waals surface area contributed by atoms with Crippen molar-refractivity contribution in [1.29, 1.82) is 0 Å². The fourth-order valence-corrected chi connectivity index (χ4v) is 3.59. The molecule has 9 nitrogen and oxygen atoms in total. The first-order valence-electron chi connectivity index (χ1n) is 9.92. The minimum atomic E-state index is -0.221. The van der Waals surface area contributed by atoms with Gasteiger partial charge in [-0.2, -0.15) is 14.6 Å². The monoisotopic (exact) mass is 388 g/mol. The number of piperazine rings is 1. The van der Waals surface area contributed by atoms with Crippen LogP contribution in [0, 0.1) is 6.92 Å². The van der Waals surface area contributed by atoms with Crippen molar-refractivity contribution in [3.8, 4) is 0 Å². The Morgan fingerprint density at radius 3 is 2.57 bits per heavy atom. The minimum Gasteiger partial charge on any atom is -0.466 e. The molecule has 9 heteroatoms. The lowest BCUT2D eigenvalue weighted by Gasteiger charge is -2.37. The summed E-state index contributed by atoms with van der Waals surface area (Å²) in [5.41, 5.74) is 1.81. The van der Waals surface area contributed by atoms with Gasteiger partial charge in [-0.15, -0.1) is 0 Å². The summed E-state index contributed by atoms with van der Waals surface area (Å²) in [6.07, 6.45) is 3.75. The van der Waals surface area contributed by atoms with Gasteiger partial charge in [0.15, 0.2) is 0 Å². The smallest absolute Gasteiger partial charge is 0.306 e. The molecule has 3 rings (SSSR count). The van der Waals surface area contributed by atoms with Gasteiger partial charge in [-0.25, -0.2) is 4.98 Å². The van der Waals surface area contributed by atoms with E-state index < -0.39 is 0 Å². The topological polar surface area (TPSA) is 92.9 Å². The van der Waals surface area contributed by atoms with Crippen molar-refractivity contribution < 1.29 is 14.3 Å². The number of nitrogens with zero attached hydrogens (tertiary/aromatic N) is 6. The van der Waals surface area contributed by atoms with E-state index in [-0.39, 0.29) is 11.9 Å². The highest BCUT2D eigenvalue weighted by Crippen LogP contribution is 2.26. The first-order chi connectivity index (χ1) is 13.5. The third kappa shape index (κ3) is 4.23. The van der Waals surface area contributed by atoms with Crippen molar-refractivity contribution in [2.45, 2.75) is 46.5 Å². The SMILES string of the molecule is CCCC(=O)N1CCN(c2c(CCC(=O)OCC)c(C)nc3ncnn23)CC1. The molecule has 1 saturated heterocycles. The average molecular weight is 388 g/mol. The third-order valence-corrected chi connectivity index (χ3v) is 4.98. The van der Waals surface area contributed by atoms with Gasteiger partial charge >= 0.3 is 5.97 Å². The molecule has 0 N–H and O–H groups in total. The maximum absolute atomic E-state index is 12.2. The number of rotatable bonds is 7. The van der Waals surface area contributed by atoms with E-state index in [2.05, 4.69) is 20.0 Å². The first-order valence-corrected chi connectivity index (χ1v) is 9.92. The quantitative estimate of drug-likeness (QED) is 0.662. The summed E-state index contributed by atoms with van der Waals surface area (Å²) >= 11 is 0. The zero-order valence-corrected chi connectivity index (χ0v) is 16.8. The molecular weight excluding hydrogens is 360 g/mol. The molecule has 0 atom stereocenters. The number of esters is 1. The molecule has 1 fully saturated rings. The molecule has 2 aromatic heterocycles. The lowest BCUT2D eigenvalue weighted by Crippen LogP contribution is -2.49. The number of carbonyl (C=O) groups excluding carboxylic acids is 2. The molecule has 3 heterocycles. The fraction of sp³-hybridized carbons (Fsp3) is 0.632. The van der Waals surface area contributed by atoms with E-state index >= 15 is 0 Å². The van der Waals surface area contributed by atoms with Crippen LogP contribution in [0.2, 0.25) is 0 Å². The second-order valence-electron chi connectivity index (χ2n) is 6.89. The van der Waals surface area contributed by atoms with Crippen LogP contribution in [0.15, 0.2) is 6.33 Å². The largest absolute Gasteiger partial charge is 0.466 e. The average Bonchev–Trinajstić information content (AvgIpc) is 3.14. The molecule has 0 radical (unpaired) electrons. The molecule has 152 valence electrons. The highest BCUT2D eigenvalue weighted by Gasteiger charge is 2.26. The van der Waals surface area contributed by atoms with Gasteiger partial charge in [-0.1, -0.05) is 6.92 Å². The Morgan fingerprint density at radius 1 is 1.14 bits per heavy atom. The molecule has 2 aromatic rings. The normalized spacial score (nSPS) is 14.5. The maximum Gasteiger partial charge on any atom is 0.306 e. The number of aromatic nitrogens is 4. The fourth-order valence-electron chi connectivity index (χ4n) is 3.59. The summed E-state index contributed by atoms with van der Waals surface area (Å²) < 4.78 is 6.81. The van der Waals surface area contributed by atoms with Crippen LogP contribution in [0.25, 0.3) is 5.78 Å². The van der Waals surface area contributed by atoms with Crippen molar-refractivity contribution in [1.82, 2.24) is 24.5 Å². The van der Waals surface area contributed by atoms with Gasteiger partial charge in [0.05, 0.1) is 6.61 Å². The van der Waals surface area contributed by atoms with Gasteiger partial charge in [0.2, 0.25) is 5.91 Å². The number of ether oxygens (including phenoxy) is 1. The molecule has 0 bridgehead atoms. The standard InChI is InChI=1S/C19H28N6O3/c1-4-6-16(26)23-9-11-24(12-10-23)18-15(7-8-17(27)28-5-2)14(3)22-19-20-13-21-25(18)19/h13H,4-12H2,1-3H3. The van der Waals surface area contributed by atoms with Crippen LogP contribution in [0.5, 0.6) is 0 Å². The molecular formula is C19H28N6O3. The van der Waals surface area contributed by atoms with Crippen molar-refractivity contribution in [3.05, 3.63) is 17.6 Å². The summed E-state index contributed by atoms with van der Waals surface area (Å²) in [5, 5.41) is 4.35. The van der Waals surface area contributed by atoms with E-state index in [1.165, 1.54) is 6.33 Å². The molecule has 0 saturated carbocycles. The zero-order valence-electron chi connectivity index (χ0n) is 16.8. The van der Waals surface area contributed by atoms with E-state index in [1.807, 2.05) is 18.7 Å². The van der Waals surface area contributed by atoms with E-state index in [9.17, 15) is 9.59 Å². The summed E-state index contributed by atoms with van der Waals surface area (Å²) in [6.45, 7) is 8.89. The van der Waals surface area contributed by atoms with Crippen LogP contribution < -0.4 is 4.90 Å². The first kappa shape index (κ1) is 20.0. The molecule has 0 spiro atoms. The Bertz CT molecular complexity index is 842. The Hall–Kier alpha value is -2.71. The summed E-state index contributed by atoms with van der Waals surface area (Å²) in [7, 11) is 0. The van der Waals surface area contributed by atoms with Gasteiger partial charge in [-0.3, -0.25) is 9.59 Å². The number of hydrogen-bond donors (Lipinski definition) is 0. The van der Waals surface area contributed by atoms with E-state index in [1.54, 1.807) is 11.4 Å². The Kier molecular flexibility index (Phi) is 6.43. The molecule has 28 heavy (non-hydrogen) atoms. The highest BCUT2D eigenvalue weighted by atomic mass is 16.5. The number of amides is 1. The van der Waals surface area contributed by atoms with E-state index in [4.69, 9.17) is 4.74 Å². The van der Waals surface area contributed by atoms with Crippen LogP contribution in [-0.2, 0) is 20.7 Å². The van der Waals surface area contributed by atoms with E-state index in [0.717, 1.165) is 23.5 Å². The van der Waals surface area contributed by atoms with Crippen LogP contribution >= 0.6 is 0 Å². The van der Waals surface area contributed by atoms with E-state index in [0.29, 0.717) is 57.8 Å². The van der Waals surface area contributed by atoms with Crippen LogP contribution in [0.3, 0.4) is 0 Å². The predicted molar refractivity (Wildman–Crippen MR) is 104 cm³/mol. The number of hydrogen-bond acceptors (Lipinski definition) is 7. The van der Waals surface area contributed by atoms with Gasteiger partial charge in [0.1, 0.15) is 12.1 Å². The Balaban J connectivity index is 1.85. The number of aryl methyl sites for hydroxylation is 1. The van der Waals surface area contributed by atoms with Gasteiger partial charge in [-0.05, 0) is 26.7 Å². The molecule has 0 aliphatic carbocycles. The summed E-state index contributed by atoms with van der Waals surface area (Å²) in [6, 6.07) is 0. The molecule has 1 amide bonds. The van der Waals surface area contributed by atoms with Crippen molar-refractivity contribution in [2.75, 3.05) is 37.7 Å². The molecule has 1 aliphatic rings. The summed E-state index contributed by atoms with van der Waals surface area (Å²) in [5.74, 6) is 1.44. The zero-order chi connectivity index (χ0) is 20.1. The highest BCUT2D eigenvalue weighted by molar-refractivity contribution is 5.76. The Labute approximate surface area is 164 Å². The van der Waals surface area contributed by atoms with Gasteiger partial charge in [0.25, 0.3) is 5.78 Å². The minimum absolute atomic E-state index is 0.210. The lowest BCUT2D eigenvalue weighted by molar-refractivity contribution is -0.143. The van der Waals surface area contributed by atoms with Crippen LogP contribution in [-0.4, -0.2) is 69.1 Å². The van der Waals surface area contributed by atoms with Crippen molar-refractivity contribution >= 4 is 23.5 Å². The second-order valence-corrected chi connectivity index (χ2v) is 6.89. The van der Waals surface area contributed by atoms with Crippen molar-refractivity contribution in [3.63, 3.8) is 0 Å². The number of carbonyl (C=O) groups is 2. The molecule has 0 aromatic carbocycles. The lowest BCUT2D eigenvalue weighted by atomic mass is 10.1. The number of fused-ring (bicyclic) bond motifs is 1. The Morgan fingerprint density at radius 2 is 1.89 bits per heavy atom. The van der Waals surface area contributed by atoms with Gasteiger partial charge in [0, 0.05) is 50.3 Å². The summed E-state index contributed by atoms with van der Waals surface area (Å²) in [4.78, 5) is 37.0. The predicted octanol–water partition coefficient (Wildman–Crippen LogP) is 1.38. The number of anilines is 1.